The van der Waals surface area contributed by atoms with Crippen LogP contribution in [-0.4, -0.2) is 10.2 Å². The van der Waals surface area contributed by atoms with E-state index < -0.39 is 0 Å². The Kier molecular flexibility index (Phi) is 2.66. The van der Waals surface area contributed by atoms with Crippen molar-refractivity contribution >= 4 is 5.82 Å². The minimum absolute atomic E-state index is 0.0645. The van der Waals surface area contributed by atoms with Crippen molar-refractivity contribution in [2.45, 2.75) is 33.1 Å². The zero-order valence-electron chi connectivity index (χ0n) is 8.93. The normalized spacial score (nSPS) is 11.5. The second-order valence-corrected chi connectivity index (χ2v) is 4.41. The fourth-order valence-corrected chi connectivity index (χ4v) is 1.68. The molecular weight excluding hydrogens is 180 g/mol. The summed E-state index contributed by atoms with van der Waals surface area (Å²) in [5, 5.41) is 8.66. The zero-order valence-corrected chi connectivity index (χ0v) is 8.93. The summed E-state index contributed by atoms with van der Waals surface area (Å²) in [4.78, 5) is 14.6. The van der Waals surface area contributed by atoms with Gasteiger partial charge >= 0.3 is 0 Å². The van der Waals surface area contributed by atoms with E-state index in [0.29, 0.717) is 5.82 Å². The number of aromatic nitrogens is 1. The van der Waals surface area contributed by atoms with Gasteiger partial charge in [-0.15, -0.1) is 0 Å². The Labute approximate surface area is 82.9 Å². The molecule has 0 radical (unpaired) electrons. The Balaban J connectivity index is 3.41. The number of aryl methyl sites for hydroxylation is 1. The zero-order chi connectivity index (χ0) is 10.9. The van der Waals surface area contributed by atoms with Gasteiger partial charge in [0.15, 0.2) is 5.43 Å². The van der Waals surface area contributed by atoms with E-state index in [1.54, 1.807) is 0 Å². The maximum Gasteiger partial charge on any atom is 0.187 e. The molecule has 0 unspecified atom stereocenters. The number of anilines is 1. The molecule has 78 valence electrons. The first-order chi connectivity index (χ1) is 6.36. The highest BCUT2D eigenvalue weighted by Crippen LogP contribution is 2.21. The molecule has 14 heavy (non-hydrogen) atoms. The smallest absolute Gasteiger partial charge is 0.187 e. The van der Waals surface area contributed by atoms with E-state index in [0.717, 1.165) is 11.3 Å². The highest BCUT2D eigenvalue weighted by molar-refractivity contribution is 5.38. The van der Waals surface area contributed by atoms with Crippen molar-refractivity contribution in [3.05, 3.63) is 27.5 Å². The minimum Gasteiger partial charge on any atom is -0.344 e. The fraction of sp³-hybridized carbons (Fsp3) is 0.500. The van der Waals surface area contributed by atoms with Crippen LogP contribution < -0.4 is 10.9 Å². The molecule has 0 aromatic carbocycles. The molecule has 1 rings (SSSR count). The largest absolute Gasteiger partial charge is 0.344 e. The van der Waals surface area contributed by atoms with Crippen LogP contribution in [0, 0.1) is 6.92 Å². The lowest BCUT2D eigenvalue weighted by molar-refractivity contribution is 0.385. The van der Waals surface area contributed by atoms with Crippen LogP contribution in [0.5, 0.6) is 0 Å². The quantitative estimate of drug-likeness (QED) is 0.600. The van der Waals surface area contributed by atoms with Crippen molar-refractivity contribution in [2.24, 2.45) is 0 Å². The second-order valence-electron chi connectivity index (χ2n) is 4.41. The maximum atomic E-state index is 11.7. The van der Waals surface area contributed by atoms with Gasteiger partial charge < -0.3 is 4.98 Å². The Morgan fingerprint density at radius 3 is 2.36 bits per heavy atom. The number of rotatable bonds is 1. The molecule has 1 aromatic rings. The first-order valence-corrected chi connectivity index (χ1v) is 4.51. The average molecular weight is 196 g/mol. The standard InChI is InChI=1S/C10H16N2O2/c1-6-9(10(2,3)4)7(13)5-8(11-6)12-14/h5,14H,1-4H3,(H2,11,12,13). The molecule has 4 heteroatoms. The summed E-state index contributed by atoms with van der Waals surface area (Å²) < 4.78 is 0. The lowest BCUT2D eigenvalue weighted by Gasteiger charge is -2.20. The van der Waals surface area contributed by atoms with E-state index in [1.165, 1.54) is 6.07 Å². The molecule has 0 aliphatic rings. The van der Waals surface area contributed by atoms with Gasteiger partial charge in [-0.1, -0.05) is 20.8 Å². The Hall–Kier alpha value is -1.29. The van der Waals surface area contributed by atoms with Crippen LogP contribution in [0.3, 0.4) is 0 Å². The lowest BCUT2D eigenvalue weighted by Crippen LogP contribution is -2.25. The van der Waals surface area contributed by atoms with Gasteiger partial charge in [-0.3, -0.25) is 15.5 Å². The first kappa shape index (κ1) is 10.8. The van der Waals surface area contributed by atoms with E-state index in [4.69, 9.17) is 5.21 Å². The van der Waals surface area contributed by atoms with E-state index >= 15 is 0 Å². The number of hydrogen-bond donors (Lipinski definition) is 3. The van der Waals surface area contributed by atoms with E-state index in [-0.39, 0.29) is 10.8 Å². The van der Waals surface area contributed by atoms with Gasteiger partial charge in [-0.25, -0.2) is 0 Å². The Morgan fingerprint density at radius 2 is 2.00 bits per heavy atom. The summed E-state index contributed by atoms with van der Waals surface area (Å²) in [6, 6.07) is 1.35. The van der Waals surface area contributed by atoms with Crippen LogP contribution in [0.25, 0.3) is 0 Å². The van der Waals surface area contributed by atoms with Crippen molar-refractivity contribution in [1.29, 1.82) is 0 Å². The summed E-state index contributed by atoms with van der Waals surface area (Å²) in [5.41, 5.74) is 3.20. The van der Waals surface area contributed by atoms with Crippen molar-refractivity contribution in [3.63, 3.8) is 0 Å². The molecule has 4 nitrogen and oxygen atoms in total. The van der Waals surface area contributed by atoms with E-state index in [2.05, 4.69) is 4.98 Å². The molecule has 0 bridgehead atoms. The summed E-state index contributed by atoms with van der Waals surface area (Å²) in [6.07, 6.45) is 0. The van der Waals surface area contributed by atoms with Crippen LogP contribution in [-0.2, 0) is 5.41 Å². The molecule has 0 saturated heterocycles. The van der Waals surface area contributed by atoms with Gasteiger partial charge in [0.25, 0.3) is 0 Å². The molecule has 0 atom stereocenters. The fourth-order valence-electron chi connectivity index (χ4n) is 1.68. The number of pyridine rings is 1. The highest BCUT2D eigenvalue weighted by atomic mass is 16.5. The lowest BCUT2D eigenvalue weighted by atomic mass is 9.86. The molecule has 0 aliphatic carbocycles. The van der Waals surface area contributed by atoms with Crippen LogP contribution in [0.4, 0.5) is 5.82 Å². The van der Waals surface area contributed by atoms with E-state index in [9.17, 15) is 4.79 Å². The number of aromatic amines is 1. The van der Waals surface area contributed by atoms with Gasteiger partial charge in [-0.2, -0.15) is 0 Å². The summed E-state index contributed by atoms with van der Waals surface area (Å²) in [7, 11) is 0. The number of H-pyrrole nitrogens is 1. The predicted molar refractivity (Wildman–Crippen MR) is 55.9 cm³/mol. The monoisotopic (exact) mass is 196 g/mol. The minimum atomic E-state index is -0.189. The summed E-state index contributed by atoms with van der Waals surface area (Å²) >= 11 is 0. The van der Waals surface area contributed by atoms with Gasteiger partial charge in [0.2, 0.25) is 0 Å². The third-order valence-electron chi connectivity index (χ3n) is 2.09. The molecule has 0 spiro atoms. The summed E-state index contributed by atoms with van der Waals surface area (Å²) in [5.74, 6) is 0.320. The van der Waals surface area contributed by atoms with Crippen LogP contribution in [0.15, 0.2) is 10.9 Å². The third kappa shape index (κ3) is 1.96. The molecule has 1 aromatic heterocycles. The van der Waals surface area contributed by atoms with Gasteiger partial charge in [0.05, 0.1) is 0 Å². The van der Waals surface area contributed by atoms with Gasteiger partial charge in [0.1, 0.15) is 5.82 Å². The molecular formula is C10H16N2O2. The topological polar surface area (TPSA) is 65.1 Å². The van der Waals surface area contributed by atoms with Crippen molar-refractivity contribution in [2.75, 3.05) is 5.48 Å². The molecule has 0 saturated carbocycles. The first-order valence-electron chi connectivity index (χ1n) is 4.51. The second kappa shape index (κ2) is 3.46. The van der Waals surface area contributed by atoms with Crippen LogP contribution >= 0.6 is 0 Å². The number of hydrogen-bond acceptors (Lipinski definition) is 3. The maximum absolute atomic E-state index is 11.7. The van der Waals surface area contributed by atoms with Gasteiger partial charge in [-0.05, 0) is 12.3 Å². The summed E-state index contributed by atoms with van der Waals surface area (Å²) in [6.45, 7) is 7.77. The molecule has 1 heterocycles. The molecule has 0 aliphatic heterocycles. The van der Waals surface area contributed by atoms with Crippen molar-refractivity contribution < 1.29 is 5.21 Å². The highest BCUT2D eigenvalue weighted by Gasteiger charge is 2.20. The molecule has 0 fully saturated rings. The average Bonchev–Trinajstić information content (AvgIpc) is 1.99. The molecule has 3 N–H and O–H groups in total. The van der Waals surface area contributed by atoms with Crippen molar-refractivity contribution in [3.8, 4) is 0 Å². The molecule has 0 amide bonds. The number of nitrogens with one attached hydrogen (secondary N) is 2. The van der Waals surface area contributed by atoms with E-state index in [1.807, 2.05) is 33.2 Å². The van der Waals surface area contributed by atoms with Crippen molar-refractivity contribution in [1.82, 2.24) is 4.98 Å². The Morgan fingerprint density at radius 1 is 1.43 bits per heavy atom. The van der Waals surface area contributed by atoms with Crippen LogP contribution in [0.1, 0.15) is 32.0 Å². The van der Waals surface area contributed by atoms with Crippen LogP contribution in [0.2, 0.25) is 0 Å². The Bertz CT molecular complexity index is 388. The van der Waals surface area contributed by atoms with Gasteiger partial charge in [0, 0.05) is 17.3 Å². The third-order valence-corrected chi connectivity index (χ3v) is 2.09. The SMILES string of the molecule is Cc1[nH]c(NO)cc(=O)c1C(C)(C)C. The predicted octanol–water partition coefficient (Wildman–Crippen LogP) is 1.78.